The van der Waals surface area contributed by atoms with E-state index in [1.54, 1.807) is 0 Å². The van der Waals surface area contributed by atoms with E-state index in [0.717, 1.165) is 17.9 Å². The van der Waals surface area contributed by atoms with E-state index in [0.29, 0.717) is 0 Å². The van der Waals surface area contributed by atoms with Gasteiger partial charge in [-0.1, -0.05) is 6.58 Å². The van der Waals surface area contributed by atoms with Crippen LogP contribution in [-0.4, -0.2) is 23.6 Å². The summed E-state index contributed by atoms with van der Waals surface area (Å²) < 4.78 is 4.98. The predicted molar refractivity (Wildman–Crippen MR) is 42.0 cm³/mol. The Morgan fingerprint density at radius 2 is 2.60 bits per heavy atom. The molecular formula is C7H10O2S. The molecule has 1 atom stereocenters. The average molecular weight is 158 g/mol. The molecule has 1 unspecified atom stereocenters. The first-order valence-corrected chi connectivity index (χ1v) is 4.39. The van der Waals surface area contributed by atoms with E-state index < -0.39 is 0 Å². The number of hydrogen-bond acceptors (Lipinski definition) is 3. The first-order valence-electron chi connectivity index (χ1n) is 3.23. The van der Waals surface area contributed by atoms with Gasteiger partial charge in [-0.3, -0.25) is 0 Å². The summed E-state index contributed by atoms with van der Waals surface area (Å²) in [6, 6.07) is 0. The number of ether oxygens (including phenoxy) is 1. The monoisotopic (exact) mass is 158 g/mol. The molecule has 0 bridgehead atoms. The molecule has 0 aromatic carbocycles. The Kier molecular flexibility index (Phi) is 2.81. The fourth-order valence-corrected chi connectivity index (χ4v) is 1.91. The lowest BCUT2D eigenvalue weighted by Crippen LogP contribution is -2.15. The molecule has 56 valence electrons. The normalized spacial score (nSPS) is 24.2. The topological polar surface area (TPSA) is 26.3 Å². The maximum Gasteiger partial charge on any atom is 0.330 e. The maximum atomic E-state index is 10.6. The second-order valence-electron chi connectivity index (χ2n) is 2.13. The minimum absolute atomic E-state index is 0.135. The van der Waals surface area contributed by atoms with Gasteiger partial charge < -0.3 is 4.74 Å². The van der Waals surface area contributed by atoms with E-state index in [2.05, 4.69) is 6.58 Å². The van der Waals surface area contributed by atoms with Crippen LogP contribution in [0.3, 0.4) is 0 Å². The van der Waals surface area contributed by atoms with Crippen LogP contribution >= 0.6 is 11.8 Å². The summed E-state index contributed by atoms with van der Waals surface area (Å²) >= 11 is 1.82. The molecule has 0 N–H and O–H groups in total. The summed E-state index contributed by atoms with van der Waals surface area (Å²) in [5, 5.41) is 0. The first kappa shape index (κ1) is 7.66. The number of thioether (sulfide) groups is 1. The van der Waals surface area contributed by atoms with Gasteiger partial charge in [-0.05, 0) is 12.2 Å². The van der Waals surface area contributed by atoms with Crippen LogP contribution < -0.4 is 0 Å². The van der Waals surface area contributed by atoms with Crippen LogP contribution in [0.4, 0.5) is 0 Å². The number of carbonyl (C=O) groups is 1. The van der Waals surface area contributed by atoms with Crippen molar-refractivity contribution < 1.29 is 9.53 Å². The smallest absolute Gasteiger partial charge is 0.330 e. The number of hydrogen-bond donors (Lipinski definition) is 0. The van der Waals surface area contributed by atoms with Crippen molar-refractivity contribution in [3.05, 3.63) is 12.7 Å². The van der Waals surface area contributed by atoms with E-state index in [9.17, 15) is 4.79 Å². The second kappa shape index (κ2) is 3.66. The third-order valence-electron chi connectivity index (χ3n) is 1.34. The molecule has 0 aromatic rings. The van der Waals surface area contributed by atoms with Crippen molar-refractivity contribution in [3.63, 3.8) is 0 Å². The molecule has 3 heteroatoms. The fourth-order valence-electron chi connectivity index (χ4n) is 0.818. The summed E-state index contributed by atoms with van der Waals surface area (Å²) in [5.74, 6) is 1.75. The van der Waals surface area contributed by atoms with Gasteiger partial charge in [-0.25, -0.2) is 4.79 Å². The van der Waals surface area contributed by atoms with Crippen molar-refractivity contribution in [1.29, 1.82) is 0 Å². The third kappa shape index (κ3) is 2.06. The molecule has 0 aliphatic carbocycles. The molecule has 0 amide bonds. The van der Waals surface area contributed by atoms with Gasteiger partial charge in [-0.15, -0.1) is 0 Å². The zero-order valence-electron chi connectivity index (χ0n) is 5.71. The zero-order chi connectivity index (χ0) is 7.40. The Balaban J connectivity index is 2.23. The van der Waals surface area contributed by atoms with E-state index in [1.807, 2.05) is 11.8 Å². The van der Waals surface area contributed by atoms with Crippen LogP contribution in [0, 0.1) is 0 Å². The SMILES string of the molecule is C=CC(=O)OC1CCSC1. The van der Waals surface area contributed by atoms with Crippen molar-refractivity contribution in [2.75, 3.05) is 11.5 Å². The molecule has 1 rings (SSSR count). The zero-order valence-corrected chi connectivity index (χ0v) is 6.52. The van der Waals surface area contributed by atoms with Gasteiger partial charge in [0.05, 0.1) is 0 Å². The maximum absolute atomic E-state index is 10.6. The Morgan fingerprint density at radius 1 is 1.80 bits per heavy atom. The Hall–Kier alpha value is -0.440. The summed E-state index contributed by atoms with van der Waals surface area (Å²) in [6.07, 6.45) is 2.34. The molecule has 2 nitrogen and oxygen atoms in total. The molecule has 0 saturated carbocycles. The lowest BCUT2D eigenvalue weighted by Gasteiger charge is -2.06. The molecule has 1 saturated heterocycles. The van der Waals surface area contributed by atoms with Crippen LogP contribution in [0.15, 0.2) is 12.7 Å². The Labute approximate surface area is 64.6 Å². The minimum atomic E-state index is -0.299. The lowest BCUT2D eigenvalue weighted by molar-refractivity contribution is -0.141. The van der Waals surface area contributed by atoms with Crippen molar-refractivity contribution >= 4 is 17.7 Å². The first-order chi connectivity index (χ1) is 4.83. The highest BCUT2D eigenvalue weighted by Crippen LogP contribution is 2.19. The molecule has 1 aliphatic rings. The van der Waals surface area contributed by atoms with Gasteiger partial charge in [0.1, 0.15) is 6.10 Å². The molecule has 1 heterocycles. The van der Waals surface area contributed by atoms with Crippen LogP contribution in [0.1, 0.15) is 6.42 Å². The summed E-state index contributed by atoms with van der Waals surface area (Å²) in [5.41, 5.74) is 0. The summed E-state index contributed by atoms with van der Waals surface area (Å²) in [7, 11) is 0. The molecule has 0 aromatic heterocycles. The van der Waals surface area contributed by atoms with Crippen LogP contribution in [-0.2, 0) is 9.53 Å². The van der Waals surface area contributed by atoms with Crippen molar-refractivity contribution in [2.24, 2.45) is 0 Å². The molecule has 0 spiro atoms. The largest absolute Gasteiger partial charge is 0.458 e. The van der Waals surface area contributed by atoms with Gasteiger partial charge >= 0.3 is 5.97 Å². The highest BCUT2D eigenvalue weighted by atomic mass is 32.2. The van der Waals surface area contributed by atoms with E-state index >= 15 is 0 Å². The quantitative estimate of drug-likeness (QED) is 0.446. The van der Waals surface area contributed by atoms with Crippen molar-refractivity contribution in [1.82, 2.24) is 0 Å². The number of rotatable bonds is 2. The van der Waals surface area contributed by atoms with Gasteiger partial charge in [0.2, 0.25) is 0 Å². The van der Waals surface area contributed by atoms with Gasteiger partial charge in [-0.2, -0.15) is 11.8 Å². The van der Waals surface area contributed by atoms with Crippen LogP contribution in [0.5, 0.6) is 0 Å². The molecule has 1 fully saturated rings. The average Bonchev–Trinajstić information content (AvgIpc) is 2.40. The lowest BCUT2D eigenvalue weighted by atomic mass is 10.3. The van der Waals surface area contributed by atoms with Crippen molar-refractivity contribution in [3.8, 4) is 0 Å². The summed E-state index contributed by atoms with van der Waals surface area (Å²) in [4.78, 5) is 10.6. The minimum Gasteiger partial charge on any atom is -0.458 e. The Morgan fingerprint density at radius 3 is 3.10 bits per heavy atom. The van der Waals surface area contributed by atoms with E-state index in [4.69, 9.17) is 4.74 Å². The highest BCUT2D eigenvalue weighted by molar-refractivity contribution is 7.99. The van der Waals surface area contributed by atoms with Gasteiger partial charge in [0.25, 0.3) is 0 Å². The summed E-state index contributed by atoms with van der Waals surface area (Å²) in [6.45, 7) is 3.32. The molecule has 1 aliphatic heterocycles. The van der Waals surface area contributed by atoms with Crippen LogP contribution in [0.25, 0.3) is 0 Å². The van der Waals surface area contributed by atoms with E-state index in [-0.39, 0.29) is 12.1 Å². The molecule has 10 heavy (non-hydrogen) atoms. The Bertz CT molecular complexity index is 139. The predicted octanol–water partition coefficient (Wildman–Crippen LogP) is 1.22. The highest BCUT2D eigenvalue weighted by Gasteiger charge is 2.17. The fraction of sp³-hybridized carbons (Fsp3) is 0.571. The van der Waals surface area contributed by atoms with Crippen LogP contribution in [0.2, 0.25) is 0 Å². The standard InChI is InChI=1S/C7H10O2S/c1-2-7(8)9-6-3-4-10-5-6/h2,6H,1,3-5H2. The number of carbonyl (C=O) groups excluding carboxylic acids is 1. The van der Waals surface area contributed by atoms with Crippen molar-refractivity contribution in [2.45, 2.75) is 12.5 Å². The third-order valence-corrected chi connectivity index (χ3v) is 2.47. The van der Waals surface area contributed by atoms with Gasteiger partial charge in [0, 0.05) is 11.8 Å². The molecule has 0 radical (unpaired) electrons. The molecular weight excluding hydrogens is 148 g/mol. The van der Waals surface area contributed by atoms with E-state index in [1.165, 1.54) is 6.08 Å². The second-order valence-corrected chi connectivity index (χ2v) is 3.28. The number of esters is 1. The van der Waals surface area contributed by atoms with Gasteiger partial charge in [0.15, 0.2) is 0 Å².